The topological polar surface area (TPSA) is 49.8 Å². The number of benzene rings is 1. The van der Waals surface area contributed by atoms with E-state index in [1.165, 1.54) is 6.07 Å². The molecule has 1 N–H and O–H groups in total. The van der Waals surface area contributed by atoms with Gasteiger partial charge in [-0.25, -0.2) is 0 Å². The molecule has 1 heterocycles. The number of carboxylic acids is 1. The van der Waals surface area contributed by atoms with Crippen LogP contribution < -0.4 is 9.64 Å². The van der Waals surface area contributed by atoms with Gasteiger partial charge in [-0.2, -0.15) is 13.2 Å². The number of hydrogen-bond acceptors (Lipinski definition) is 3. The Kier molecular flexibility index (Phi) is 4.06. The molecular formula is C13H14F3NO3. The van der Waals surface area contributed by atoms with E-state index in [9.17, 15) is 18.0 Å². The van der Waals surface area contributed by atoms with E-state index >= 15 is 0 Å². The fraction of sp³-hybridized carbons (Fsp3) is 0.462. The molecule has 1 aromatic carbocycles. The number of nitrogens with zero attached hydrogens (tertiary/aromatic N) is 1. The Bertz CT molecular complexity index is 490. The number of halogens is 3. The van der Waals surface area contributed by atoms with Gasteiger partial charge in [0.2, 0.25) is 0 Å². The van der Waals surface area contributed by atoms with Crippen LogP contribution in [-0.4, -0.2) is 36.4 Å². The molecule has 0 radical (unpaired) electrons. The summed E-state index contributed by atoms with van der Waals surface area (Å²) in [7, 11) is 0. The van der Waals surface area contributed by atoms with Gasteiger partial charge in [-0.3, -0.25) is 4.79 Å². The number of alkyl halides is 3. The molecule has 2 rings (SSSR count). The minimum Gasteiger partial charge on any atom is -0.491 e. The fourth-order valence-corrected chi connectivity index (χ4v) is 2.25. The third-order valence-corrected chi connectivity index (χ3v) is 3.10. The van der Waals surface area contributed by atoms with Crippen molar-refractivity contribution in [3.8, 4) is 5.75 Å². The fourth-order valence-electron chi connectivity index (χ4n) is 2.25. The first-order valence-corrected chi connectivity index (χ1v) is 6.16. The molecule has 0 amide bonds. The van der Waals surface area contributed by atoms with E-state index in [1.54, 1.807) is 18.2 Å². The lowest BCUT2D eigenvalue weighted by Crippen LogP contribution is -2.47. The summed E-state index contributed by atoms with van der Waals surface area (Å²) in [6, 6.07) is 4.32. The summed E-state index contributed by atoms with van der Waals surface area (Å²) in [6.45, 7) is 0.416. The lowest BCUT2D eigenvalue weighted by molar-refractivity contribution is -0.162. The number of carboxylic acid groups (broad SMARTS) is 1. The number of carbonyl (C=O) groups is 1. The molecule has 0 saturated carbocycles. The molecule has 20 heavy (non-hydrogen) atoms. The quantitative estimate of drug-likeness (QED) is 0.929. The zero-order valence-electron chi connectivity index (χ0n) is 10.6. The van der Waals surface area contributed by atoms with E-state index in [0.717, 1.165) is 4.90 Å². The highest BCUT2D eigenvalue weighted by molar-refractivity contribution is 5.69. The maximum absolute atomic E-state index is 13.1. The predicted molar refractivity (Wildman–Crippen MR) is 66.0 cm³/mol. The Morgan fingerprint density at radius 1 is 1.40 bits per heavy atom. The highest BCUT2D eigenvalue weighted by atomic mass is 19.4. The standard InChI is InChI=1S/C13H14F3NO3/c14-13(15,16)11(8-12(18)19)17-6-3-7-20-10-5-2-1-4-9(10)17/h1-2,4-5,11H,3,6-8H2,(H,18,19). The summed E-state index contributed by atoms with van der Waals surface area (Å²) < 4.78 is 44.8. The Labute approximate surface area is 113 Å². The van der Waals surface area contributed by atoms with Crippen LogP contribution in [-0.2, 0) is 4.79 Å². The number of rotatable bonds is 3. The molecule has 1 aliphatic rings. The van der Waals surface area contributed by atoms with E-state index < -0.39 is 24.6 Å². The van der Waals surface area contributed by atoms with Crippen LogP contribution in [0.4, 0.5) is 18.9 Å². The second-order valence-electron chi connectivity index (χ2n) is 4.52. The maximum Gasteiger partial charge on any atom is 0.409 e. The van der Waals surface area contributed by atoms with E-state index in [1.807, 2.05) is 0 Å². The first kappa shape index (κ1) is 14.5. The Balaban J connectivity index is 2.39. The lowest BCUT2D eigenvalue weighted by atomic mass is 10.1. The number of fused-ring (bicyclic) bond motifs is 1. The zero-order chi connectivity index (χ0) is 14.8. The van der Waals surface area contributed by atoms with E-state index in [4.69, 9.17) is 9.84 Å². The summed E-state index contributed by atoms with van der Waals surface area (Å²) in [5, 5.41) is 8.74. The van der Waals surface area contributed by atoms with Crippen LogP contribution >= 0.6 is 0 Å². The highest BCUT2D eigenvalue weighted by Crippen LogP contribution is 2.37. The average molecular weight is 289 g/mol. The number of aliphatic carboxylic acids is 1. The molecule has 1 aliphatic heterocycles. The normalized spacial score (nSPS) is 16.9. The van der Waals surface area contributed by atoms with Crippen LogP contribution in [0.15, 0.2) is 24.3 Å². The van der Waals surface area contributed by atoms with Crippen molar-refractivity contribution in [1.82, 2.24) is 0 Å². The van der Waals surface area contributed by atoms with Gasteiger partial charge in [0.1, 0.15) is 11.8 Å². The zero-order valence-corrected chi connectivity index (χ0v) is 10.6. The summed E-state index contributed by atoms with van der Waals surface area (Å²) in [5.41, 5.74) is 0.286. The molecule has 1 aromatic rings. The van der Waals surface area contributed by atoms with E-state index in [-0.39, 0.29) is 12.2 Å². The van der Waals surface area contributed by atoms with Crippen LogP contribution in [0, 0.1) is 0 Å². The molecular weight excluding hydrogens is 275 g/mol. The first-order valence-electron chi connectivity index (χ1n) is 6.16. The molecule has 4 nitrogen and oxygen atoms in total. The van der Waals surface area contributed by atoms with E-state index in [2.05, 4.69) is 0 Å². The van der Waals surface area contributed by atoms with Crippen LogP contribution in [0.5, 0.6) is 5.75 Å². The minimum atomic E-state index is -4.62. The van der Waals surface area contributed by atoms with Crippen LogP contribution in [0.25, 0.3) is 0 Å². The Hall–Kier alpha value is -1.92. The van der Waals surface area contributed by atoms with Crippen molar-refractivity contribution in [2.45, 2.75) is 25.1 Å². The second-order valence-corrected chi connectivity index (χ2v) is 4.52. The summed E-state index contributed by atoms with van der Waals surface area (Å²) in [5.74, 6) is -1.13. The Morgan fingerprint density at radius 2 is 2.10 bits per heavy atom. The Morgan fingerprint density at radius 3 is 2.75 bits per heavy atom. The van der Waals surface area contributed by atoms with Gasteiger partial charge < -0.3 is 14.7 Å². The third kappa shape index (κ3) is 3.15. The molecule has 0 saturated heterocycles. The molecule has 0 spiro atoms. The van der Waals surface area contributed by atoms with Crippen LogP contribution in [0.3, 0.4) is 0 Å². The lowest BCUT2D eigenvalue weighted by Gasteiger charge is -2.33. The van der Waals surface area contributed by atoms with Crippen molar-refractivity contribution < 1.29 is 27.8 Å². The van der Waals surface area contributed by atoms with Gasteiger partial charge in [0.05, 0.1) is 18.7 Å². The van der Waals surface area contributed by atoms with Gasteiger partial charge in [-0.05, 0) is 18.6 Å². The smallest absolute Gasteiger partial charge is 0.409 e. The highest BCUT2D eigenvalue weighted by Gasteiger charge is 2.45. The van der Waals surface area contributed by atoms with Gasteiger partial charge in [-0.1, -0.05) is 12.1 Å². The van der Waals surface area contributed by atoms with Gasteiger partial charge in [-0.15, -0.1) is 0 Å². The van der Waals surface area contributed by atoms with Gasteiger partial charge in [0.15, 0.2) is 0 Å². The predicted octanol–water partition coefficient (Wildman–Crippen LogP) is 2.68. The van der Waals surface area contributed by atoms with Crippen molar-refractivity contribution in [1.29, 1.82) is 0 Å². The first-order chi connectivity index (χ1) is 9.39. The number of ether oxygens (including phenoxy) is 1. The van der Waals surface area contributed by atoms with Crippen molar-refractivity contribution in [3.63, 3.8) is 0 Å². The van der Waals surface area contributed by atoms with Crippen LogP contribution in [0.2, 0.25) is 0 Å². The number of para-hydroxylation sites is 2. The largest absolute Gasteiger partial charge is 0.491 e. The molecule has 110 valence electrons. The molecule has 1 atom stereocenters. The summed E-state index contributed by atoms with van der Waals surface area (Å²) >= 11 is 0. The van der Waals surface area contributed by atoms with Crippen molar-refractivity contribution in [2.24, 2.45) is 0 Å². The molecule has 0 aromatic heterocycles. The SMILES string of the molecule is O=C(O)CC(N1CCCOc2ccccc21)C(F)(F)F. The van der Waals surface area contributed by atoms with E-state index in [0.29, 0.717) is 18.8 Å². The minimum absolute atomic E-state index is 0.106. The van der Waals surface area contributed by atoms with Gasteiger partial charge in [0.25, 0.3) is 0 Å². The summed E-state index contributed by atoms with van der Waals surface area (Å²) in [6.07, 6.45) is -5.20. The molecule has 7 heteroatoms. The van der Waals surface area contributed by atoms with Gasteiger partial charge >= 0.3 is 12.1 Å². The molecule has 0 fully saturated rings. The molecule has 0 aliphatic carbocycles. The monoisotopic (exact) mass is 289 g/mol. The molecule has 1 unspecified atom stereocenters. The molecule has 0 bridgehead atoms. The van der Waals surface area contributed by atoms with Gasteiger partial charge in [0, 0.05) is 6.54 Å². The van der Waals surface area contributed by atoms with Crippen molar-refractivity contribution >= 4 is 11.7 Å². The third-order valence-electron chi connectivity index (χ3n) is 3.10. The number of anilines is 1. The second kappa shape index (κ2) is 5.60. The summed E-state index contributed by atoms with van der Waals surface area (Å²) in [4.78, 5) is 11.8. The van der Waals surface area contributed by atoms with Crippen molar-refractivity contribution in [3.05, 3.63) is 24.3 Å². The van der Waals surface area contributed by atoms with Crippen molar-refractivity contribution in [2.75, 3.05) is 18.1 Å². The van der Waals surface area contributed by atoms with Crippen LogP contribution in [0.1, 0.15) is 12.8 Å². The maximum atomic E-state index is 13.1. The number of hydrogen-bond donors (Lipinski definition) is 1. The average Bonchev–Trinajstić information content (AvgIpc) is 2.56.